The van der Waals surface area contributed by atoms with Gasteiger partial charge >= 0.3 is 0 Å². The average Bonchev–Trinajstić information content (AvgIpc) is 2.21. The minimum Gasteiger partial charge on any atom is -0.268 e. The predicted octanol–water partition coefficient (Wildman–Crippen LogP) is 4.19. The molecule has 0 radical (unpaired) electrons. The van der Waals surface area contributed by atoms with Crippen LogP contribution in [0.2, 0.25) is 0 Å². The molecular weight excluding hydrogens is 190 g/mol. The van der Waals surface area contributed by atoms with Gasteiger partial charge in [0.15, 0.2) is 0 Å². The molecule has 78 valence electrons. The van der Waals surface area contributed by atoms with E-state index in [0.29, 0.717) is 0 Å². The van der Waals surface area contributed by atoms with Crippen LogP contribution in [0.3, 0.4) is 0 Å². The summed E-state index contributed by atoms with van der Waals surface area (Å²) in [7, 11) is 0. The van der Waals surface area contributed by atoms with Crippen molar-refractivity contribution < 1.29 is 0 Å². The highest BCUT2D eigenvalue weighted by Gasteiger charge is 2.00. The summed E-state index contributed by atoms with van der Waals surface area (Å²) in [5.74, 6) is 1.06. The molecule has 0 rings (SSSR count). The molecule has 0 bridgehead atoms. The molecule has 0 N–H and O–H groups in total. The fraction of sp³-hybridized carbons (Fsp3) is 0.417. The van der Waals surface area contributed by atoms with Crippen LogP contribution in [0.5, 0.6) is 0 Å². The molecule has 0 aromatic rings. The minimum absolute atomic E-state index is 0.993. The second kappa shape index (κ2) is 8.82. The van der Waals surface area contributed by atoms with Crippen molar-refractivity contribution in [3.05, 3.63) is 35.4 Å². The van der Waals surface area contributed by atoms with Gasteiger partial charge in [-0.1, -0.05) is 39.0 Å². The number of allylic oxidation sites excluding steroid dienone is 4. The predicted molar refractivity (Wildman–Crippen MR) is 69.0 cm³/mol. The molecular formula is C12H19NS. The first-order valence-corrected chi connectivity index (χ1v) is 5.90. The van der Waals surface area contributed by atoms with Crippen molar-refractivity contribution in [1.29, 1.82) is 0 Å². The van der Waals surface area contributed by atoms with E-state index in [9.17, 15) is 0 Å². The van der Waals surface area contributed by atoms with E-state index < -0.39 is 0 Å². The van der Waals surface area contributed by atoms with Gasteiger partial charge in [0, 0.05) is 4.91 Å². The normalized spacial score (nSPS) is 12.7. The Morgan fingerprint density at radius 2 is 2.14 bits per heavy atom. The third-order valence-corrected chi connectivity index (χ3v) is 2.62. The van der Waals surface area contributed by atoms with Gasteiger partial charge < -0.3 is 0 Å². The van der Waals surface area contributed by atoms with Crippen molar-refractivity contribution in [2.24, 2.45) is 4.99 Å². The summed E-state index contributed by atoms with van der Waals surface area (Å²) in [6.07, 6.45) is 7.87. The Labute approximate surface area is 91.7 Å². The summed E-state index contributed by atoms with van der Waals surface area (Å²) < 4.78 is 0. The molecule has 0 heterocycles. The van der Waals surface area contributed by atoms with Crippen LogP contribution in [0, 0.1) is 0 Å². The zero-order valence-electron chi connectivity index (χ0n) is 9.12. The van der Waals surface area contributed by atoms with E-state index in [1.165, 1.54) is 4.91 Å². The maximum absolute atomic E-state index is 4.07. The number of thioether (sulfide) groups is 1. The van der Waals surface area contributed by atoms with Crippen LogP contribution in [0.4, 0.5) is 0 Å². The molecule has 0 aromatic heterocycles. The summed E-state index contributed by atoms with van der Waals surface area (Å²) in [5, 5.41) is 0. The van der Waals surface area contributed by atoms with E-state index in [4.69, 9.17) is 0 Å². The molecule has 0 spiro atoms. The molecule has 0 amide bonds. The van der Waals surface area contributed by atoms with Crippen LogP contribution >= 0.6 is 11.8 Å². The molecule has 14 heavy (non-hydrogen) atoms. The third-order valence-electron chi connectivity index (χ3n) is 1.65. The largest absolute Gasteiger partial charge is 0.268 e. The smallest absolute Gasteiger partial charge is 0.0531 e. The molecule has 2 heteroatoms. The zero-order valence-corrected chi connectivity index (χ0v) is 9.94. The SMILES string of the molecule is C=C/C=C\C(SCC)=C(/CCC)N=C. The van der Waals surface area contributed by atoms with E-state index in [1.54, 1.807) is 17.8 Å². The van der Waals surface area contributed by atoms with Gasteiger partial charge in [-0.25, -0.2) is 0 Å². The molecule has 0 aromatic carbocycles. The Kier molecular flexibility index (Phi) is 8.34. The zero-order chi connectivity index (χ0) is 10.8. The van der Waals surface area contributed by atoms with Gasteiger partial charge in [0.2, 0.25) is 0 Å². The van der Waals surface area contributed by atoms with Gasteiger partial charge in [0.05, 0.1) is 5.70 Å². The van der Waals surface area contributed by atoms with Gasteiger partial charge in [0.25, 0.3) is 0 Å². The lowest BCUT2D eigenvalue weighted by atomic mass is 10.2. The van der Waals surface area contributed by atoms with E-state index >= 15 is 0 Å². The van der Waals surface area contributed by atoms with E-state index in [1.807, 2.05) is 6.08 Å². The molecule has 0 saturated heterocycles. The number of aliphatic imine (C=N–C) groups is 1. The molecule has 0 aliphatic heterocycles. The fourth-order valence-corrected chi connectivity index (χ4v) is 1.87. The second-order valence-electron chi connectivity index (χ2n) is 2.75. The molecule has 0 aliphatic carbocycles. The van der Waals surface area contributed by atoms with Crippen LogP contribution in [-0.2, 0) is 0 Å². The van der Waals surface area contributed by atoms with Crippen LogP contribution in [0.1, 0.15) is 26.7 Å². The highest BCUT2D eigenvalue weighted by Crippen LogP contribution is 2.24. The molecule has 0 unspecified atom stereocenters. The van der Waals surface area contributed by atoms with Gasteiger partial charge in [0.1, 0.15) is 0 Å². The van der Waals surface area contributed by atoms with E-state index in [-0.39, 0.29) is 0 Å². The van der Waals surface area contributed by atoms with E-state index in [0.717, 1.165) is 24.3 Å². The van der Waals surface area contributed by atoms with Crippen LogP contribution < -0.4 is 0 Å². The number of nitrogens with zero attached hydrogens (tertiary/aromatic N) is 1. The maximum atomic E-state index is 4.07. The number of hydrogen-bond donors (Lipinski definition) is 0. The van der Waals surface area contributed by atoms with Gasteiger partial charge in [-0.3, -0.25) is 4.99 Å². The molecule has 0 atom stereocenters. The monoisotopic (exact) mass is 209 g/mol. The first-order chi connectivity index (χ1) is 6.79. The van der Waals surface area contributed by atoms with Gasteiger partial charge in [-0.15, -0.1) is 11.8 Å². The maximum Gasteiger partial charge on any atom is 0.0531 e. The molecule has 0 aliphatic rings. The van der Waals surface area contributed by atoms with Crippen LogP contribution in [0.15, 0.2) is 40.4 Å². The Balaban J connectivity index is 4.76. The molecule has 1 nitrogen and oxygen atoms in total. The summed E-state index contributed by atoms with van der Waals surface area (Å²) in [6.45, 7) is 11.6. The molecule has 0 fully saturated rings. The van der Waals surface area contributed by atoms with Gasteiger partial charge in [-0.05, 0) is 25.0 Å². The highest BCUT2D eigenvalue weighted by atomic mass is 32.2. The Morgan fingerprint density at radius 1 is 1.43 bits per heavy atom. The van der Waals surface area contributed by atoms with Crippen molar-refractivity contribution in [3.63, 3.8) is 0 Å². The van der Waals surface area contributed by atoms with Crippen molar-refractivity contribution >= 4 is 18.5 Å². The van der Waals surface area contributed by atoms with Crippen molar-refractivity contribution in [2.75, 3.05) is 5.75 Å². The number of rotatable bonds is 7. The Morgan fingerprint density at radius 3 is 2.57 bits per heavy atom. The highest BCUT2D eigenvalue weighted by molar-refractivity contribution is 8.03. The second-order valence-corrected chi connectivity index (χ2v) is 4.05. The van der Waals surface area contributed by atoms with Crippen molar-refractivity contribution in [2.45, 2.75) is 26.7 Å². The quantitative estimate of drug-likeness (QED) is 0.452. The fourth-order valence-electron chi connectivity index (χ4n) is 1.06. The first-order valence-electron chi connectivity index (χ1n) is 4.91. The minimum atomic E-state index is 0.993. The summed E-state index contributed by atoms with van der Waals surface area (Å²) >= 11 is 1.80. The lowest BCUT2D eigenvalue weighted by Gasteiger charge is -2.05. The lowest BCUT2D eigenvalue weighted by molar-refractivity contribution is 0.893. The third kappa shape index (κ3) is 5.07. The van der Waals surface area contributed by atoms with Crippen molar-refractivity contribution in [1.82, 2.24) is 0 Å². The standard InChI is InChI=1S/C12H19NS/c1-5-8-10-12(14-7-3)11(13-4)9-6-2/h5,8,10H,1,4,6-7,9H2,2-3H3/b10-8-,12-11-. The summed E-state index contributed by atoms with van der Waals surface area (Å²) in [5.41, 5.74) is 1.09. The first kappa shape index (κ1) is 13.2. The number of hydrogen-bond acceptors (Lipinski definition) is 2. The summed E-state index contributed by atoms with van der Waals surface area (Å²) in [6, 6.07) is 0. The van der Waals surface area contributed by atoms with Crippen LogP contribution in [0.25, 0.3) is 0 Å². The molecule has 0 saturated carbocycles. The topological polar surface area (TPSA) is 12.4 Å². The van der Waals surface area contributed by atoms with Gasteiger partial charge in [-0.2, -0.15) is 0 Å². The van der Waals surface area contributed by atoms with Crippen LogP contribution in [-0.4, -0.2) is 12.5 Å². The summed E-state index contributed by atoms with van der Waals surface area (Å²) in [4.78, 5) is 5.29. The Hall–Kier alpha value is -0.760. The van der Waals surface area contributed by atoms with E-state index in [2.05, 4.69) is 38.2 Å². The Bertz CT molecular complexity index is 239. The lowest BCUT2D eigenvalue weighted by Crippen LogP contribution is -1.84. The van der Waals surface area contributed by atoms with Crippen molar-refractivity contribution in [3.8, 4) is 0 Å². The average molecular weight is 209 g/mol.